The predicted molar refractivity (Wildman–Crippen MR) is 129 cm³/mol. The molecule has 1 aliphatic rings. The number of carbonyl (C=O) groups is 2. The third-order valence-corrected chi connectivity index (χ3v) is 6.03. The van der Waals surface area contributed by atoms with Gasteiger partial charge in [-0.3, -0.25) is 14.6 Å². The second-order valence-electron chi connectivity index (χ2n) is 8.08. The van der Waals surface area contributed by atoms with Gasteiger partial charge in [-0.1, -0.05) is 12.1 Å². The number of aromatic nitrogens is 1. The Labute approximate surface area is 203 Å². The summed E-state index contributed by atoms with van der Waals surface area (Å²) in [4.78, 5) is 32.1. The first-order valence-electron chi connectivity index (χ1n) is 10.9. The quantitative estimate of drug-likeness (QED) is 0.314. The number of methoxy groups -OCH3 is 3. The van der Waals surface area contributed by atoms with Crippen LogP contribution in [-0.2, 0) is 16.1 Å². The van der Waals surface area contributed by atoms with E-state index in [4.69, 9.17) is 14.2 Å². The molecule has 0 spiro atoms. The first-order chi connectivity index (χ1) is 16.9. The normalized spacial score (nSPS) is 16.9. The van der Waals surface area contributed by atoms with Crippen LogP contribution in [0.25, 0.3) is 5.76 Å². The molecule has 35 heavy (non-hydrogen) atoms. The Morgan fingerprint density at radius 3 is 2.40 bits per heavy atom. The third kappa shape index (κ3) is 4.42. The molecule has 0 aliphatic carbocycles. The Morgan fingerprint density at radius 1 is 1.00 bits per heavy atom. The molecule has 1 aliphatic heterocycles. The van der Waals surface area contributed by atoms with E-state index in [0.717, 1.165) is 5.56 Å². The Balaban J connectivity index is 1.91. The highest BCUT2D eigenvalue weighted by Gasteiger charge is 2.46. The SMILES string of the molecule is COc1ccc(/C(O)=C2\C(=O)C(=O)N(Cc3cccnc3)[C@H]2c2ccc(OC)c(OC)c2)c(C)c1. The highest BCUT2D eigenvalue weighted by Crippen LogP contribution is 2.43. The Morgan fingerprint density at radius 2 is 1.77 bits per heavy atom. The van der Waals surface area contributed by atoms with Crippen LogP contribution in [0.3, 0.4) is 0 Å². The minimum absolute atomic E-state index is 0.000577. The number of ether oxygens (including phenoxy) is 3. The number of rotatable bonds is 7. The van der Waals surface area contributed by atoms with E-state index < -0.39 is 17.7 Å². The molecular formula is C27H26N2O6. The van der Waals surface area contributed by atoms with E-state index in [1.807, 2.05) is 6.07 Å². The van der Waals surface area contributed by atoms with Gasteiger partial charge in [0.15, 0.2) is 11.5 Å². The zero-order valence-electron chi connectivity index (χ0n) is 19.9. The maximum Gasteiger partial charge on any atom is 0.295 e. The summed E-state index contributed by atoms with van der Waals surface area (Å²) in [5, 5.41) is 11.4. The summed E-state index contributed by atoms with van der Waals surface area (Å²) in [7, 11) is 4.59. The molecule has 0 unspecified atom stereocenters. The maximum absolute atomic E-state index is 13.3. The third-order valence-electron chi connectivity index (χ3n) is 6.03. The van der Waals surface area contributed by atoms with E-state index in [-0.39, 0.29) is 17.9 Å². The minimum atomic E-state index is -0.850. The van der Waals surface area contributed by atoms with Gasteiger partial charge in [0.2, 0.25) is 0 Å². The Bertz CT molecular complexity index is 1300. The number of Topliss-reactive ketones (excluding diaryl/α,β-unsaturated/α-hetero) is 1. The Kier molecular flexibility index (Phi) is 6.73. The van der Waals surface area contributed by atoms with Crippen molar-refractivity contribution in [1.82, 2.24) is 9.88 Å². The molecule has 1 N–H and O–H groups in total. The molecule has 8 heteroatoms. The van der Waals surface area contributed by atoms with Crippen LogP contribution in [0, 0.1) is 6.92 Å². The van der Waals surface area contributed by atoms with Gasteiger partial charge < -0.3 is 24.2 Å². The van der Waals surface area contributed by atoms with Gasteiger partial charge in [0.05, 0.1) is 32.9 Å². The fourth-order valence-corrected chi connectivity index (χ4v) is 4.27. The summed E-state index contributed by atoms with van der Waals surface area (Å²) in [5.41, 5.74) is 2.49. The summed E-state index contributed by atoms with van der Waals surface area (Å²) in [6, 6.07) is 13.0. The molecule has 2 heterocycles. The summed E-state index contributed by atoms with van der Waals surface area (Å²) in [6.45, 7) is 1.94. The van der Waals surface area contributed by atoms with Crippen molar-refractivity contribution in [3.05, 3.63) is 88.8 Å². The van der Waals surface area contributed by atoms with Crippen LogP contribution >= 0.6 is 0 Å². The van der Waals surface area contributed by atoms with Crippen LogP contribution < -0.4 is 14.2 Å². The number of ketones is 1. The van der Waals surface area contributed by atoms with Crippen LogP contribution in [-0.4, -0.2) is 48.0 Å². The van der Waals surface area contributed by atoms with Crippen molar-refractivity contribution >= 4 is 17.4 Å². The van der Waals surface area contributed by atoms with Crippen molar-refractivity contribution in [3.8, 4) is 17.2 Å². The molecule has 0 bridgehead atoms. The molecule has 0 radical (unpaired) electrons. The lowest BCUT2D eigenvalue weighted by Crippen LogP contribution is -2.29. The smallest absolute Gasteiger partial charge is 0.295 e. The van der Waals surface area contributed by atoms with Crippen LogP contribution in [0.15, 0.2) is 66.5 Å². The molecule has 1 fully saturated rings. The van der Waals surface area contributed by atoms with Gasteiger partial charge in [-0.25, -0.2) is 0 Å². The molecule has 1 atom stereocenters. The fourth-order valence-electron chi connectivity index (χ4n) is 4.27. The molecule has 1 amide bonds. The lowest BCUT2D eigenvalue weighted by atomic mass is 9.93. The molecule has 1 saturated heterocycles. The fraction of sp³-hybridized carbons (Fsp3) is 0.222. The molecule has 0 saturated carbocycles. The largest absolute Gasteiger partial charge is 0.507 e. The van der Waals surface area contributed by atoms with E-state index in [0.29, 0.717) is 33.9 Å². The van der Waals surface area contributed by atoms with Crippen molar-refractivity contribution in [2.45, 2.75) is 19.5 Å². The van der Waals surface area contributed by atoms with Crippen molar-refractivity contribution in [1.29, 1.82) is 0 Å². The topological polar surface area (TPSA) is 98.2 Å². The van der Waals surface area contributed by atoms with E-state index in [9.17, 15) is 14.7 Å². The standard InChI is InChI=1S/C27H26N2O6/c1-16-12-19(33-2)8-9-20(16)25(30)23-24(18-7-10-21(34-3)22(13-18)35-4)29(27(32)26(23)31)15-17-6-5-11-28-14-17/h5-14,24,30H,15H2,1-4H3/b25-23+/t24-/m0/s1. The maximum atomic E-state index is 13.3. The number of carbonyl (C=O) groups excluding carboxylic acids is 2. The number of hydrogen-bond acceptors (Lipinski definition) is 7. The number of aliphatic hydroxyl groups is 1. The first kappa shape index (κ1) is 23.8. The zero-order valence-corrected chi connectivity index (χ0v) is 19.9. The highest BCUT2D eigenvalue weighted by molar-refractivity contribution is 6.46. The summed E-state index contributed by atoms with van der Waals surface area (Å²) >= 11 is 0. The van der Waals surface area contributed by atoms with E-state index in [2.05, 4.69) is 4.98 Å². The Hall–Kier alpha value is -4.33. The number of nitrogens with zero attached hydrogens (tertiary/aromatic N) is 2. The average Bonchev–Trinajstić information content (AvgIpc) is 3.13. The molecule has 8 nitrogen and oxygen atoms in total. The summed E-state index contributed by atoms with van der Waals surface area (Å²) < 4.78 is 16.1. The van der Waals surface area contributed by atoms with Gasteiger partial charge in [0, 0.05) is 24.5 Å². The number of pyridine rings is 1. The van der Waals surface area contributed by atoms with E-state index in [1.165, 1.54) is 19.1 Å². The zero-order chi connectivity index (χ0) is 25.1. The second-order valence-corrected chi connectivity index (χ2v) is 8.08. The number of benzene rings is 2. The predicted octanol–water partition coefficient (Wildman–Crippen LogP) is 4.04. The number of amides is 1. The monoisotopic (exact) mass is 474 g/mol. The van der Waals surface area contributed by atoms with Crippen LogP contribution in [0.1, 0.15) is 28.3 Å². The first-order valence-corrected chi connectivity index (χ1v) is 10.9. The number of aliphatic hydroxyl groups excluding tert-OH is 1. The number of likely N-dealkylation sites (tertiary alicyclic amines) is 1. The molecule has 4 rings (SSSR count). The van der Waals surface area contributed by atoms with Crippen LogP contribution in [0.5, 0.6) is 17.2 Å². The van der Waals surface area contributed by atoms with Gasteiger partial charge in [-0.15, -0.1) is 0 Å². The molecule has 2 aromatic carbocycles. The van der Waals surface area contributed by atoms with Gasteiger partial charge >= 0.3 is 0 Å². The lowest BCUT2D eigenvalue weighted by molar-refractivity contribution is -0.140. The molecular weight excluding hydrogens is 448 g/mol. The summed E-state index contributed by atoms with van der Waals surface area (Å²) in [5.74, 6) is -0.156. The van der Waals surface area contributed by atoms with Crippen molar-refractivity contribution < 1.29 is 28.9 Å². The molecule has 1 aromatic heterocycles. The van der Waals surface area contributed by atoms with E-state index >= 15 is 0 Å². The molecule has 180 valence electrons. The lowest BCUT2D eigenvalue weighted by Gasteiger charge is -2.26. The van der Waals surface area contributed by atoms with E-state index in [1.54, 1.807) is 68.9 Å². The van der Waals surface area contributed by atoms with Crippen molar-refractivity contribution in [2.75, 3.05) is 21.3 Å². The van der Waals surface area contributed by atoms with Crippen molar-refractivity contribution in [2.24, 2.45) is 0 Å². The number of hydrogen-bond donors (Lipinski definition) is 1. The van der Waals surface area contributed by atoms with Crippen LogP contribution in [0.4, 0.5) is 0 Å². The number of aryl methyl sites for hydroxylation is 1. The van der Waals surface area contributed by atoms with Crippen LogP contribution in [0.2, 0.25) is 0 Å². The van der Waals surface area contributed by atoms with Gasteiger partial charge in [0.25, 0.3) is 11.7 Å². The van der Waals surface area contributed by atoms with Crippen molar-refractivity contribution in [3.63, 3.8) is 0 Å². The second kappa shape index (κ2) is 9.89. The highest BCUT2D eigenvalue weighted by atomic mass is 16.5. The summed E-state index contributed by atoms with van der Waals surface area (Å²) in [6.07, 6.45) is 3.27. The minimum Gasteiger partial charge on any atom is -0.507 e. The van der Waals surface area contributed by atoms with Gasteiger partial charge in [0.1, 0.15) is 11.5 Å². The van der Waals surface area contributed by atoms with Gasteiger partial charge in [-0.2, -0.15) is 0 Å². The average molecular weight is 475 g/mol. The van der Waals surface area contributed by atoms with Gasteiger partial charge in [-0.05, 0) is 60.0 Å². The molecule has 3 aromatic rings.